The van der Waals surface area contributed by atoms with Gasteiger partial charge in [0.15, 0.2) is 5.96 Å². The molecule has 1 heterocycles. The van der Waals surface area contributed by atoms with E-state index in [4.69, 9.17) is 32.5 Å². The molecule has 2 atom stereocenters. The average Bonchev–Trinajstić information content (AvgIpc) is 2.80. The van der Waals surface area contributed by atoms with Crippen molar-refractivity contribution in [2.45, 2.75) is 32.0 Å². The lowest BCUT2D eigenvalue weighted by molar-refractivity contribution is 0.155. The van der Waals surface area contributed by atoms with E-state index in [1.165, 1.54) is 5.56 Å². The number of guanidine groups is 1. The Morgan fingerprint density at radius 2 is 1.82 bits per heavy atom. The van der Waals surface area contributed by atoms with Crippen molar-refractivity contribution in [3.05, 3.63) is 88.9 Å². The van der Waals surface area contributed by atoms with Crippen molar-refractivity contribution in [2.75, 3.05) is 18.1 Å². The van der Waals surface area contributed by atoms with Gasteiger partial charge < -0.3 is 25.8 Å². The minimum absolute atomic E-state index is 0.0355. The highest BCUT2D eigenvalue weighted by molar-refractivity contribution is 6.30. The van der Waals surface area contributed by atoms with E-state index in [1.807, 2.05) is 61.5 Å². The number of rotatable bonds is 8. The minimum Gasteiger partial charge on any atom is -0.493 e. The highest BCUT2D eigenvalue weighted by Crippen LogP contribution is 2.35. The van der Waals surface area contributed by atoms with Gasteiger partial charge in [0.05, 0.1) is 24.9 Å². The van der Waals surface area contributed by atoms with Gasteiger partial charge in [-0.05, 0) is 54.4 Å². The molecule has 4 N–H and O–H groups in total. The summed E-state index contributed by atoms with van der Waals surface area (Å²) in [5.74, 6) is 1.80. The van der Waals surface area contributed by atoms with Gasteiger partial charge in [-0.1, -0.05) is 48.0 Å². The van der Waals surface area contributed by atoms with Crippen molar-refractivity contribution in [3.8, 4) is 11.5 Å². The van der Waals surface area contributed by atoms with Crippen molar-refractivity contribution in [3.63, 3.8) is 0 Å². The zero-order chi connectivity index (χ0) is 23.2. The molecule has 0 aliphatic carbocycles. The number of hydrogen-bond donors (Lipinski definition) is 2. The van der Waals surface area contributed by atoms with E-state index in [1.54, 1.807) is 0 Å². The van der Waals surface area contributed by atoms with Crippen LogP contribution in [0.3, 0.4) is 0 Å². The molecule has 0 saturated heterocycles. The van der Waals surface area contributed by atoms with Gasteiger partial charge >= 0.3 is 0 Å². The maximum Gasteiger partial charge on any atom is 0.186 e. The first-order valence-corrected chi connectivity index (χ1v) is 11.4. The van der Waals surface area contributed by atoms with Crippen LogP contribution in [0.1, 0.15) is 30.5 Å². The molecule has 4 rings (SSSR count). The molecule has 6 nitrogen and oxygen atoms in total. The fraction of sp³-hybridized carbons (Fsp3) is 0.269. The van der Waals surface area contributed by atoms with Crippen LogP contribution in [0, 0.1) is 0 Å². The lowest BCUT2D eigenvalue weighted by Gasteiger charge is -2.36. The molecule has 33 heavy (non-hydrogen) atoms. The molecule has 0 radical (unpaired) electrons. The molecule has 3 aromatic rings. The van der Waals surface area contributed by atoms with Crippen LogP contribution in [0.2, 0.25) is 5.02 Å². The first-order valence-electron chi connectivity index (χ1n) is 11.0. The van der Waals surface area contributed by atoms with Crippen molar-refractivity contribution in [1.29, 1.82) is 0 Å². The van der Waals surface area contributed by atoms with Gasteiger partial charge in [-0.25, -0.2) is 4.99 Å². The third-order valence-electron chi connectivity index (χ3n) is 5.62. The number of ether oxygens (including phenoxy) is 2. The number of halogens is 1. The fourth-order valence-corrected chi connectivity index (χ4v) is 4.06. The molecule has 7 heteroatoms. The van der Waals surface area contributed by atoms with E-state index < -0.39 is 0 Å². The molecule has 1 aliphatic rings. The van der Waals surface area contributed by atoms with E-state index >= 15 is 0 Å². The van der Waals surface area contributed by atoms with Crippen molar-refractivity contribution >= 4 is 23.2 Å². The molecule has 2 unspecified atom stereocenters. The summed E-state index contributed by atoms with van der Waals surface area (Å²) in [7, 11) is 0. The Morgan fingerprint density at radius 3 is 2.55 bits per heavy atom. The predicted molar refractivity (Wildman–Crippen MR) is 134 cm³/mol. The number of benzene rings is 3. The average molecular weight is 465 g/mol. The van der Waals surface area contributed by atoms with Crippen molar-refractivity contribution in [2.24, 2.45) is 16.5 Å². The summed E-state index contributed by atoms with van der Waals surface area (Å²) in [6.07, 6.45) is 0.811. The summed E-state index contributed by atoms with van der Waals surface area (Å²) in [6, 6.07) is 23.9. The van der Waals surface area contributed by atoms with E-state index in [0.717, 1.165) is 47.3 Å². The summed E-state index contributed by atoms with van der Waals surface area (Å²) in [5.41, 5.74) is 14.3. The summed E-state index contributed by atoms with van der Waals surface area (Å²) in [6.45, 7) is 4.09. The van der Waals surface area contributed by atoms with Crippen LogP contribution in [0.5, 0.6) is 11.5 Å². The van der Waals surface area contributed by atoms with Gasteiger partial charge in [-0.15, -0.1) is 0 Å². The number of para-hydroxylation sites is 2. The largest absolute Gasteiger partial charge is 0.493 e. The Bertz CT molecular complexity index is 1080. The lowest BCUT2D eigenvalue weighted by Crippen LogP contribution is -2.40. The van der Waals surface area contributed by atoms with E-state index in [0.29, 0.717) is 6.61 Å². The Labute approximate surface area is 199 Å². The second-order valence-corrected chi connectivity index (χ2v) is 8.59. The Kier molecular flexibility index (Phi) is 7.25. The number of aliphatic imine (C=N–C) groups is 1. The maximum atomic E-state index is 6.26. The van der Waals surface area contributed by atoms with Crippen molar-refractivity contribution < 1.29 is 9.47 Å². The molecular weight excluding hydrogens is 436 g/mol. The molecule has 1 aliphatic heterocycles. The first-order chi connectivity index (χ1) is 16.0. The number of hydrogen-bond acceptors (Lipinski definition) is 4. The topological polar surface area (TPSA) is 86.1 Å². The minimum atomic E-state index is -0.0913. The van der Waals surface area contributed by atoms with Gasteiger partial charge in [-0.3, -0.25) is 0 Å². The number of anilines is 1. The van der Waals surface area contributed by atoms with Gasteiger partial charge in [0.1, 0.15) is 17.6 Å². The van der Waals surface area contributed by atoms with Crippen LogP contribution in [0.15, 0.2) is 77.8 Å². The fourth-order valence-electron chi connectivity index (χ4n) is 3.94. The van der Waals surface area contributed by atoms with E-state index in [2.05, 4.69) is 28.1 Å². The smallest absolute Gasteiger partial charge is 0.186 e. The molecule has 3 aromatic carbocycles. The zero-order valence-electron chi connectivity index (χ0n) is 18.7. The van der Waals surface area contributed by atoms with Crippen LogP contribution >= 0.6 is 11.6 Å². The molecule has 0 bridgehead atoms. The number of nitrogens with two attached hydrogens (primary N) is 2. The highest BCUT2D eigenvalue weighted by Gasteiger charge is 2.25. The second-order valence-electron chi connectivity index (χ2n) is 8.15. The van der Waals surface area contributed by atoms with Gasteiger partial charge in [0.2, 0.25) is 0 Å². The molecule has 0 amide bonds. The number of fused-ring (bicyclic) bond motifs is 1. The SMILES string of the molecule is CC(N=C(N)N)c1ccc(OCCC2CN(Cc3ccc(Cl)cc3)c3ccccc3O2)cc1. The molecule has 0 saturated carbocycles. The molecule has 0 spiro atoms. The zero-order valence-corrected chi connectivity index (χ0v) is 19.4. The first kappa shape index (κ1) is 22.8. The van der Waals surface area contributed by atoms with E-state index in [-0.39, 0.29) is 18.1 Å². The van der Waals surface area contributed by atoms with Gasteiger partial charge in [0.25, 0.3) is 0 Å². The molecule has 0 aromatic heterocycles. The van der Waals surface area contributed by atoms with Crippen LogP contribution in [0.4, 0.5) is 5.69 Å². The summed E-state index contributed by atoms with van der Waals surface area (Å²) >= 11 is 6.05. The molecule has 172 valence electrons. The summed E-state index contributed by atoms with van der Waals surface area (Å²) in [4.78, 5) is 6.52. The van der Waals surface area contributed by atoms with Crippen LogP contribution in [-0.4, -0.2) is 25.2 Å². The third-order valence-corrected chi connectivity index (χ3v) is 5.88. The maximum absolute atomic E-state index is 6.26. The standard InChI is InChI=1S/C26H29ClN4O2/c1-18(30-26(28)29)20-8-12-22(13-9-20)32-15-14-23-17-31(16-19-6-10-21(27)11-7-19)24-4-2-3-5-25(24)33-23/h2-13,18,23H,14-17H2,1H3,(H4,28,29,30). The van der Waals surface area contributed by atoms with E-state index in [9.17, 15) is 0 Å². The number of nitrogens with zero attached hydrogens (tertiary/aromatic N) is 2. The summed E-state index contributed by atoms with van der Waals surface area (Å²) < 4.78 is 12.2. The Morgan fingerprint density at radius 1 is 1.09 bits per heavy atom. The van der Waals surface area contributed by atoms with Gasteiger partial charge in [-0.2, -0.15) is 0 Å². The molecule has 0 fully saturated rings. The van der Waals surface area contributed by atoms with Gasteiger partial charge in [0, 0.05) is 18.0 Å². The Hall–Kier alpha value is -3.38. The van der Waals surface area contributed by atoms with Crippen molar-refractivity contribution in [1.82, 2.24) is 0 Å². The van der Waals surface area contributed by atoms with Crippen LogP contribution < -0.4 is 25.8 Å². The van der Waals surface area contributed by atoms with Crippen LogP contribution in [0.25, 0.3) is 0 Å². The monoisotopic (exact) mass is 464 g/mol. The normalized spacial score (nSPS) is 15.8. The summed E-state index contributed by atoms with van der Waals surface area (Å²) in [5, 5.41) is 0.745. The van der Waals surface area contributed by atoms with Crippen LogP contribution in [-0.2, 0) is 6.54 Å². The quantitative estimate of drug-likeness (QED) is 0.365. The second kappa shape index (κ2) is 10.5. The molecular formula is C26H29ClN4O2. The highest BCUT2D eigenvalue weighted by atomic mass is 35.5. The lowest BCUT2D eigenvalue weighted by atomic mass is 10.1. The predicted octanol–water partition coefficient (Wildman–Crippen LogP) is 4.91. The Balaban J connectivity index is 1.35. The third kappa shape index (κ3) is 6.11.